The third-order valence-electron chi connectivity index (χ3n) is 3.67. The van der Waals surface area contributed by atoms with Crippen LogP contribution in [0.25, 0.3) is 17.4 Å². The summed E-state index contributed by atoms with van der Waals surface area (Å²) >= 11 is 6.68. The first-order chi connectivity index (χ1) is 13.8. The number of carbonyl (C=O) groups is 1. The molecule has 0 bridgehead atoms. The van der Waals surface area contributed by atoms with Crippen molar-refractivity contribution >= 4 is 50.1 Å². The fourth-order valence-corrected chi connectivity index (χ4v) is 3.97. The predicted molar refractivity (Wildman–Crippen MR) is 109 cm³/mol. The van der Waals surface area contributed by atoms with Crippen LogP contribution in [-0.2, 0) is 14.6 Å². The molecule has 3 aromatic rings. The summed E-state index contributed by atoms with van der Waals surface area (Å²) in [4.78, 5) is 16.1. The van der Waals surface area contributed by atoms with Crippen molar-refractivity contribution in [3.63, 3.8) is 0 Å². The molecule has 0 spiro atoms. The molecule has 0 atom stereocenters. The molecular weight excluding hydrogens is 436 g/mol. The molecule has 0 fully saturated rings. The Balaban J connectivity index is 1.78. The highest BCUT2D eigenvalue weighted by Gasteiger charge is 2.20. The van der Waals surface area contributed by atoms with E-state index in [0.717, 1.165) is 5.56 Å². The van der Waals surface area contributed by atoms with Crippen LogP contribution < -0.4 is 5.32 Å². The molecule has 1 amide bonds. The van der Waals surface area contributed by atoms with Gasteiger partial charge in [0.15, 0.2) is 0 Å². The van der Waals surface area contributed by atoms with Crippen molar-refractivity contribution in [2.24, 2.45) is 0 Å². The Morgan fingerprint density at radius 1 is 1.38 bits per heavy atom. The molecular formula is C18H13ClN4O4S2. The van der Waals surface area contributed by atoms with Gasteiger partial charge in [-0.15, -0.1) is 0 Å². The number of hydrogen-bond acceptors (Lipinski definition) is 8. The van der Waals surface area contributed by atoms with Crippen molar-refractivity contribution < 1.29 is 17.6 Å². The Morgan fingerprint density at radius 3 is 2.86 bits per heavy atom. The first-order valence-corrected chi connectivity index (χ1v) is 11.0. The van der Waals surface area contributed by atoms with E-state index in [4.69, 9.17) is 16.0 Å². The number of furan rings is 1. The lowest BCUT2D eigenvalue weighted by atomic mass is 10.2. The van der Waals surface area contributed by atoms with Gasteiger partial charge in [0.2, 0.25) is 15.0 Å². The molecule has 2 heterocycles. The van der Waals surface area contributed by atoms with Crippen molar-refractivity contribution in [3.05, 3.63) is 52.8 Å². The van der Waals surface area contributed by atoms with Crippen LogP contribution in [-0.4, -0.2) is 29.4 Å². The monoisotopic (exact) mass is 448 g/mol. The zero-order valence-corrected chi connectivity index (χ0v) is 17.3. The first kappa shape index (κ1) is 20.7. The third-order valence-corrected chi connectivity index (χ3v) is 6.15. The second-order valence-electron chi connectivity index (χ2n) is 5.62. The number of nitriles is 1. The van der Waals surface area contributed by atoms with Gasteiger partial charge in [-0.2, -0.15) is 14.6 Å². The second-order valence-corrected chi connectivity index (χ2v) is 8.98. The Labute approximate surface area is 175 Å². The van der Waals surface area contributed by atoms with Crippen LogP contribution in [0.2, 0.25) is 5.02 Å². The first-order valence-electron chi connectivity index (χ1n) is 8.18. The minimum absolute atomic E-state index is 0.0257. The fraction of sp³-hybridized carbons (Fsp3) is 0.111. The summed E-state index contributed by atoms with van der Waals surface area (Å²) in [5.74, 6) is -0.105. The van der Waals surface area contributed by atoms with Gasteiger partial charge in [0.05, 0.1) is 5.75 Å². The van der Waals surface area contributed by atoms with Gasteiger partial charge >= 0.3 is 0 Å². The summed E-state index contributed by atoms with van der Waals surface area (Å²) in [6.07, 6.45) is 1.27. The van der Waals surface area contributed by atoms with Crippen molar-refractivity contribution in [2.75, 3.05) is 11.1 Å². The fourth-order valence-electron chi connectivity index (χ4n) is 2.20. The molecule has 0 aliphatic carbocycles. The second kappa shape index (κ2) is 8.57. The highest BCUT2D eigenvalue weighted by atomic mass is 35.5. The smallest absolute Gasteiger partial charge is 0.268 e. The number of amides is 1. The van der Waals surface area contributed by atoms with E-state index < -0.39 is 15.7 Å². The Hall–Kier alpha value is -3.00. The summed E-state index contributed by atoms with van der Waals surface area (Å²) < 4.78 is 32.9. The lowest BCUT2D eigenvalue weighted by Gasteiger charge is -1.99. The van der Waals surface area contributed by atoms with E-state index in [0.29, 0.717) is 22.3 Å². The zero-order chi connectivity index (χ0) is 21.0. The standard InChI is InChI=1S/C18H13ClN4O4S2/c1-2-29(25,26)18-22-17(28-23-18)21-16(24)12(10-20)9-14-6-7-15(27-14)11-4-3-5-13(19)8-11/h3-9H,2H2,1H3,(H,21,22,23,24)/b12-9-. The molecule has 8 nitrogen and oxygen atoms in total. The largest absolute Gasteiger partial charge is 0.457 e. The Kier molecular flexibility index (Phi) is 6.12. The average molecular weight is 449 g/mol. The number of rotatable bonds is 6. The van der Waals surface area contributed by atoms with Gasteiger partial charge < -0.3 is 4.42 Å². The molecule has 0 radical (unpaired) electrons. The molecule has 0 aliphatic rings. The highest BCUT2D eigenvalue weighted by Crippen LogP contribution is 2.26. The molecule has 0 saturated carbocycles. The number of halogens is 1. The zero-order valence-electron chi connectivity index (χ0n) is 14.9. The maximum absolute atomic E-state index is 12.3. The quantitative estimate of drug-likeness (QED) is 0.449. The van der Waals surface area contributed by atoms with Crippen molar-refractivity contribution in [1.82, 2.24) is 9.36 Å². The topological polar surface area (TPSA) is 126 Å². The minimum Gasteiger partial charge on any atom is -0.457 e. The Bertz CT molecular complexity index is 1240. The van der Waals surface area contributed by atoms with Crippen LogP contribution in [0.15, 0.2) is 51.5 Å². The maximum atomic E-state index is 12.3. The maximum Gasteiger partial charge on any atom is 0.268 e. The number of sulfone groups is 1. The summed E-state index contributed by atoms with van der Waals surface area (Å²) in [7, 11) is -3.58. The highest BCUT2D eigenvalue weighted by molar-refractivity contribution is 7.91. The molecule has 148 valence electrons. The number of hydrogen-bond donors (Lipinski definition) is 1. The van der Waals surface area contributed by atoms with Gasteiger partial charge in [0, 0.05) is 28.2 Å². The number of carbonyl (C=O) groups excluding carboxylic acids is 1. The number of aromatic nitrogens is 2. The molecule has 1 N–H and O–H groups in total. The van der Waals surface area contributed by atoms with Crippen molar-refractivity contribution in [2.45, 2.75) is 12.1 Å². The van der Waals surface area contributed by atoms with E-state index in [1.54, 1.807) is 36.4 Å². The molecule has 0 aliphatic heterocycles. The minimum atomic E-state index is -3.58. The van der Waals surface area contributed by atoms with Crippen LogP contribution in [0.3, 0.4) is 0 Å². The SMILES string of the molecule is CCS(=O)(=O)c1nsc(NC(=O)/C(C#N)=C\c2ccc(-c3cccc(Cl)c3)o2)n1. The molecule has 1 aromatic carbocycles. The number of benzene rings is 1. The summed E-state index contributed by atoms with van der Waals surface area (Å²) in [6, 6.07) is 12.1. The van der Waals surface area contributed by atoms with Crippen LogP contribution in [0, 0.1) is 11.3 Å². The van der Waals surface area contributed by atoms with E-state index in [-0.39, 0.29) is 27.4 Å². The van der Waals surface area contributed by atoms with E-state index >= 15 is 0 Å². The summed E-state index contributed by atoms with van der Waals surface area (Å²) in [5.41, 5.74) is 0.505. The molecule has 0 unspecified atom stereocenters. The molecule has 2 aromatic heterocycles. The van der Waals surface area contributed by atoms with Gasteiger partial charge in [-0.1, -0.05) is 30.7 Å². The Morgan fingerprint density at radius 2 is 2.17 bits per heavy atom. The number of nitrogens with one attached hydrogen (secondary N) is 1. The molecule has 29 heavy (non-hydrogen) atoms. The van der Waals surface area contributed by atoms with Crippen LogP contribution >= 0.6 is 23.1 Å². The van der Waals surface area contributed by atoms with Crippen molar-refractivity contribution in [3.8, 4) is 17.4 Å². The molecule has 0 saturated heterocycles. The van der Waals surface area contributed by atoms with E-state index in [1.807, 2.05) is 6.07 Å². The van der Waals surface area contributed by atoms with Gasteiger partial charge in [-0.05, 0) is 24.3 Å². The number of anilines is 1. The van der Waals surface area contributed by atoms with E-state index in [1.165, 1.54) is 13.0 Å². The van der Waals surface area contributed by atoms with E-state index in [9.17, 15) is 18.5 Å². The predicted octanol–water partition coefficient (Wildman–Crippen LogP) is 3.79. The lowest BCUT2D eigenvalue weighted by molar-refractivity contribution is -0.112. The van der Waals surface area contributed by atoms with Crippen LogP contribution in [0.4, 0.5) is 5.13 Å². The lowest BCUT2D eigenvalue weighted by Crippen LogP contribution is -2.13. The normalized spacial score (nSPS) is 11.8. The average Bonchev–Trinajstić information content (AvgIpc) is 3.36. The van der Waals surface area contributed by atoms with Crippen LogP contribution in [0.1, 0.15) is 12.7 Å². The van der Waals surface area contributed by atoms with Crippen LogP contribution in [0.5, 0.6) is 0 Å². The van der Waals surface area contributed by atoms with Gasteiger partial charge in [0.25, 0.3) is 11.1 Å². The summed E-state index contributed by atoms with van der Waals surface area (Å²) in [6.45, 7) is 1.46. The van der Waals surface area contributed by atoms with Gasteiger partial charge in [0.1, 0.15) is 23.2 Å². The van der Waals surface area contributed by atoms with Gasteiger partial charge in [-0.3, -0.25) is 10.1 Å². The third kappa shape index (κ3) is 4.89. The summed E-state index contributed by atoms with van der Waals surface area (Å²) in [5, 5.41) is 11.8. The van der Waals surface area contributed by atoms with Crippen molar-refractivity contribution in [1.29, 1.82) is 5.26 Å². The van der Waals surface area contributed by atoms with E-state index in [2.05, 4.69) is 14.7 Å². The molecule has 11 heteroatoms. The van der Waals surface area contributed by atoms with Gasteiger partial charge in [-0.25, -0.2) is 8.42 Å². The number of nitrogens with zero attached hydrogens (tertiary/aromatic N) is 3. The molecule has 3 rings (SSSR count).